The molecule has 1 aromatic heterocycles. The summed E-state index contributed by atoms with van der Waals surface area (Å²) in [5, 5.41) is 2.89. The van der Waals surface area contributed by atoms with Crippen LogP contribution in [0.5, 0.6) is 5.75 Å². The van der Waals surface area contributed by atoms with Crippen molar-refractivity contribution in [3.63, 3.8) is 0 Å². The zero-order valence-corrected chi connectivity index (χ0v) is 12.3. The Kier molecular flexibility index (Phi) is 2.91. The quantitative estimate of drug-likeness (QED) is 0.303. The summed E-state index contributed by atoms with van der Waals surface area (Å²) >= 11 is 0. The highest BCUT2D eigenvalue weighted by Crippen LogP contribution is 2.26. The van der Waals surface area contributed by atoms with Crippen molar-refractivity contribution in [1.29, 1.82) is 0 Å². The van der Waals surface area contributed by atoms with Crippen LogP contribution in [0.25, 0.3) is 32.7 Å². The number of benzene rings is 3. The number of carbonyl (C=O) groups excluding carboxylic acids is 1. The molecule has 0 amide bonds. The van der Waals surface area contributed by atoms with Crippen molar-refractivity contribution in [3.8, 4) is 5.75 Å². The summed E-state index contributed by atoms with van der Waals surface area (Å²) in [7, 11) is 0. The molecule has 4 heteroatoms. The van der Waals surface area contributed by atoms with Crippen LogP contribution < -0.4 is 10.2 Å². The van der Waals surface area contributed by atoms with Gasteiger partial charge in [0, 0.05) is 6.92 Å². The highest BCUT2D eigenvalue weighted by molar-refractivity contribution is 5.99. The fourth-order valence-electron chi connectivity index (χ4n) is 2.75. The van der Waals surface area contributed by atoms with Gasteiger partial charge < -0.3 is 9.15 Å². The molecule has 0 aliphatic rings. The normalized spacial score (nSPS) is 11.2. The van der Waals surface area contributed by atoms with Crippen LogP contribution in [0.3, 0.4) is 0 Å². The SMILES string of the molecule is CC(=O)Oc1ccc2oc3cc4ccccc4cc3c(=O)c2c1. The van der Waals surface area contributed by atoms with Gasteiger partial charge in [-0.25, -0.2) is 0 Å². The fourth-order valence-corrected chi connectivity index (χ4v) is 2.75. The van der Waals surface area contributed by atoms with Crippen LogP contribution in [0.15, 0.2) is 63.8 Å². The number of esters is 1. The molecule has 23 heavy (non-hydrogen) atoms. The molecule has 4 nitrogen and oxygen atoms in total. The number of carbonyl (C=O) groups is 1. The average Bonchev–Trinajstić information content (AvgIpc) is 2.54. The van der Waals surface area contributed by atoms with Gasteiger partial charge in [-0.15, -0.1) is 0 Å². The van der Waals surface area contributed by atoms with Crippen LogP contribution >= 0.6 is 0 Å². The second kappa shape index (κ2) is 4.95. The molecule has 0 saturated heterocycles. The van der Waals surface area contributed by atoms with Gasteiger partial charge in [-0.1, -0.05) is 24.3 Å². The third-order valence-electron chi connectivity index (χ3n) is 3.77. The molecule has 0 spiro atoms. The molecule has 0 aliphatic heterocycles. The molecule has 112 valence electrons. The van der Waals surface area contributed by atoms with E-state index in [1.807, 2.05) is 36.4 Å². The lowest BCUT2D eigenvalue weighted by molar-refractivity contribution is -0.131. The first-order chi connectivity index (χ1) is 11.1. The Morgan fingerprint density at radius 2 is 1.61 bits per heavy atom. The molecule has 0 unspecified atom stereocenters. The predicted molar refractivity (Wildman–Crippen MR) is 88.8 cm³/mol. The van der Waals surface area contributed by atoms with Crippen molar-refractivity contribution >= 4 is 38.7 Å². The summed E-state index contributed by atoms with van der Waals surface area (Å²) in [5.74, 6) is -0.0991. The van der Waals surface area contributed by atoms with Gasteiger partial charge in [0.2, 0.25) is 5.43 Å². The van der Waals surface area contributed by atoms with Crippen molar-refractivity contribution in [3.05, 3.63) is 64.8 Å². The first-order valence-corrected chi connectivity index (χ1v) is 7.19. The Balaban J connectivity index is 2.06. The van der Waals surface area contributed by atoms with Crippen LogP contribution in [-0.4, -0.2) is 5.97 Å². The molecule has 0 bridgehead atoms. The molecule has 0 atom stereocenters. The number of hydrogen-bond acceptors (Lipinski definition) is 4. The van der Waals surface area contributed by atoms with Crippen LogP contribution in [0.2, 0.25) is 0 Å². The highest BCUT2D eigenvalue weighted by atomic mass is 16.5. The summed E-state index contributed by atoms with van der Waals surface area (Å²) in [4.78, 5) is 23.8. The molecule has 0 radical (unpaired) electrons. The minimum Gasteiger partial charge on any atom is -0.456 e. The van der Waals surface area contributed by atoms with Gasteiger partial charge in [0.15, 0.2) is 0 Å². The van der Waals surface area contributed by atoms with Gasteiger partial charge >= 0.3 is 5.97 Å². The molecule has 3 aromatic carbocycles. The maximum Gasteiger partial charge on any atom is 0.308 e. The lowest BCUT2D eigenvalue weighted by Gasteiger charge is -2.05. The molecular weight excluding hydrogens is 292 g/mol. The second-order valence-corrected chi connectivity index (χ2v) is 5.38. The summed E-state index contributed by atoms with van der Waals surface area (Å²) in [6, 6.07) is 16.3. The molecular formula is C19H12O4. The summed E-state index contributed by atoms with van der Waals surface area (Å²) in [5.41, 5.74) is 0.871. The third kappa shape index (κ3) is 2.25. The first-order valence-electron chi connectivity index (χ1n) is 7.19. The number of ether oxygens (including phenoxy) is 1. The lowest BCUT2D eigenvalue weighted by atomic mass is 10.1. The Morgan fingerprint density at radius 1 is 0.913 bits per heavy atom. The van der Waals surface area contributed by atoms with E-state index in [2.05, 4.69) is 0 Å². The largest absolute Gasteiger partial charge is 0.456 e. The van der Waals surface area contributed by atoms with Crippen molar-refractivity contribution < 1.29 is 13.9 Å². The number of fused-ring (bicyclic) bond motifs is 3. The molecule has 0 fully saturated rings. The average molecular weight is 304 g/mol. The third-order valence-corrected chi connectivity index (χ3v) is 3.77. The van der Waals surface area contributed by atoms with E-state index in [0.29, 0.717) is 27.7 Å². The Labute approximate surface area is 130 Å². The predicted octanol–water partition coefficient (Wildman–Crippen LogP) is 4.02. The van der Waals surface area contributed by atoms with E-state index in [1.54, 1.807) is 12.1 Å². The molecule has 0 saturated carbocycles. The van der Waals surface area contributed by atoms with Gasteiger partial charge in [0.25, 0.3) is 0 Å². The van der Waals surface area contributed by atoms with E-state index >= 15 is 0 Å². The molecule has 0 aliphatic carbocycles. The number of hydrogen-bond donors (Lipinski definition) is 0. The molecule has 0 N–H and O–H groups in total. The van der Waals surface area contributed by atoms with Crippen LogP contribution in [0, 0.1) is 0 Å². The van der Waals surface area contributed by atoms with Gasteiger partial charge in [-0.2, -0.15) is 0 Å². The maximum absolute atomic E-state index is 12.8. The van der Waals surface area contributed by atoms with E-state index in [9.17, 15) is 9.59 Å². The Hall–Kier alpha value is -3.14. The first kappa shape index (κ1) is 13.5. The van der Waals surface area contributed by atoms with E-state index in [4.69, 9.17) is 9.15 Å². The zero-order chi connectivity index (χ0) is 16.0. The van der Waals surface area contributed by atoms with E-state index in [1.165, 1.54) is 13.0 Å². The fraction of sp³-hybridized carbons (Fsp3) is 0.0526. The van der Waals surface area contributed by atoms with Crippen LogP contribution in [0.4, 0.5) is 0 Å². The minimum absolute atomic E-state index is 0.138. The lowest BCUT2D eigenvalue weighted by Crippen LogP contribution is -2.05. The van der Waals surface area contributed by atoms with Crippen molar-refractivity contribution in [2.75, 3.05) is 0 Å². The van der Waals surface area contributed by atoms with Gasteiger partial charge in [-0.05, 0) is 41.1 Å². The monoisotopic (exact) mass is 304 g/mol. The van der Waals surface area contributed by atoms with E-state index in [0.717, 1.165) is 10.8 Å². The summed E-state index contributed by atoms with van der Waals surface area (Å²) < 4.78 is 10.9. The summed E-state index contributed by atoms with van der Waals surface area (Å²) in [6.07, 6.45) is 0. The highest BCUT2D eigenvalue weighted by Gasteiger charge is 2.10. The standard InChI is InChI=1S/C19H12O4/c1-11(20)22-14-6-7-17-16(10-14)19(21)15-8-12-4-2-3-5-13(12)9-18(15)23-17/h2-10H,1H3. The Bertz CT molecular complexity index is 1140. The molecule has 1 heterocycles. The van der Waals surface area contributed by atoms with Crippen LogP contribution in [0.1, 0.15) is 6.92 Å². The topological polar surface area (TPSA) is 56.5 Å². The summed E-state index contributed by atoms with van der Waals surface area (Å²) in [6.45, 7) is 1.32. The van der Waals surface area contributed by atoms with Gasteiger partial charge in [-0.3, -0.25) is 9.59 Å². The zero-order valence-electron chi connectivity index (χ0n) is 12.3. The Morgan fingerprint density at radius 3 is 2.35 bits per heavy atom. The van der Waals surface area contributed by atoms with Crippen LogP contribution in [-0.2, 0) is 4.79 Å². The van der Waals surface area contributed by atoms with Crippen molar-refractivity contribution in [2.45, 2.75) is 6.92 Å². The molecule has 4 rings (SSSR count). The molecule has 4 aromatic rings. The van der Waals surface area contributed by atoms with Gasteiger partial charge in [0.1, 0.15) is 16.9 Å². The smallest absolute Gasteiger partial charge is 0.308 e. The van der Waals surface area contributed by atoms with Gasteiger partial charge in [0.05, 0.1) is 10.8 Å². The number of rotatable bonds is 1. The van der Waals surface area contributed by atoms with E-state index < -0.39 is 5.97 Å². The minimum atomic E-state index is -0.430. The van der Waals surface area contributed by atoms with Crippen molar-refractivity contribution in [1.82, 2.24) is 0 Å². The van der Waals surface area contributed by atoms with E-state index in [-0.39, 0.29) is 5.43 Å². The second-order valence-electron chi connectivity index (χ2n) is 5.38. The maximum atomic E-state index is 12.8. The van der Waals surface area contributed by atoms with Crippen molar-refractivity contribution in [2.24, 2.45) is 0 Å².